The van der Waals surface area contributed by atoms with Gasteiger partial charge < -0.3 is 14.2 Å². The number of anilines is 2. The molecule has 2 aromatic heterocycles. The number of rotatable bonds is 3. The number of ether oxygens (including phenoxy) is 1. The minimum atomic E-state index is -0.359. The first-order valence-electron chi connectivity index (χ1n) is 9.18. The summed E-state index contributed by atoms with van der Waals surface area (Å²) >= 11 is 6.32. The van der Waals surface area contributed by atoms with Gasteiger partial charge in [-0.3, -0.25) is 13.9 Å². The second kappa shape index (κ2) is 6.70. The first kappa shape index (κ1) is 18.6. The highest BCUT2D eigenvalue weighted by atomic mass is 35.5. The molecule has 0 amide bonds. The fraction of sp³-hybridized carbons (Fsp3) is 0.421. The normalized spacial score (nSPS) is 16.5. The number of hydrogen-bond acceptors (Lipinski definition) is 5. The first-order valence-corrected chi connectivity index (χ1v) is 9.56. The standard InChI is InChI=1S/C19H22ClN5O3/c1-5-23-17(26)15-16(22(3)19(23)27)21-18-24(9-11(2)10-25(15)18)12-6-7-14(28-4)13(20)8-12/h6-8,11H,5,9-10H2,1-4H3. The van der Waals surface area contributed by atoms with Crippen molar-refractivity contribution in [2.24, 2.45) is 13.0 Å². The lowest BCUT2D eigenvalue weighted by atomic mass is 10.1. The highest BCUT2D eigenvalue weighted by molar-refractivity contribution is 6.32. The molecule has 148 valence electrons. The van der Waals surface area contributed by atoms with Gasteiger partial charge in [0.15, 0.2) is 11.2 Å². The van der Waals surface area contributed by atoms with E-state index in [9.17, 15) is 9.59 Å². The SMILES string of the molecule is CCn1c(=O)c2c(nc3n2CC(C)CN3c2ccc(OC)c(Cl)c2)n(C)c1=O. The summed E-state index contributed by atoms with van der Waals surface area (Å²) in [5.41, 5.74) is 1.04. The zero-order valence-corrected chi connectivity index (χ0v) is 17.0. The van der Waals surface area contributed by atoms with Crippen LogP contribution in [0.2, 0.25) is 5.02 Å². The Hall–Kier alpha value is -2.74. The van der Waals surface area contributed by atoms with E-state index in [0.717, 1.165) is 12.2 Å². The third-order valence-electron chi connectivity index (χ3n) is 5.21. The molecular formula is C19H22ClN5O3. The summed E-state index contributed by atoms with van der Waals surface area (Å²) in [7, 11) is 3.22. The minimum Gasteiger partial charge on any atom is -0.495 e. The number of nitrogens with zero attached hydrogens (tertiary/aromatic N) is 5. The molecule has 1 aliphatic heterocycles. The third kappa shape index (κ3) is 2.63. The average molecular weight is 404 g/mol. The highest BCUT2D eigenvalue weighted by Crippen LogP contribution is 2.36. The number of benzene rings is 1. The van der Waals surface area contributed by atoms with Crippen molar-refractivity contribution in [3.05, 3.63) is 44.1 Å². The van der Waals surface area contributed by atoms with Crippen molar-refractivity contribution in [1.29, 1.82) is 0 Å². The van der Waals surface area contributed by atoms with Gasteiger partial charge >= 0.3 is 5.69 Å². The summed E-state index contributed by atoms with van der Waals surface area (Å²) < 4.78 is 9.84. The Balaban J connectivity index is 1.99. The Morgan fingerprint density at radius 1 is 1.29 bits per heavy atom. The van der Waals surface area contributed by atoms with Gasteiger partial charge in [-0.2, -0.15) is 4.98 Å². The summed E-state index contributed by atoms with van der Waals surface area (Å²) in [6.45, 7) is 5.60. The van der Waals surface area contributed by atoms with Gasteiger partial charge in [-0.25, -0.2) is 4.79 Å². The zero-order chi connectivity index (χ0) is 20.2. The summed E-state index contributed by atoms with van der Waals surface area (Å²) in [5.74, 6) is 1.50. The van der Waals surface area contributed by atoms with Crippen LogP contribution in [0.4, 0.5) is 11.6 Å². The van der Waals surface area contributed by atoms with Gasteiger partial charge in [-0.1, -0.05) is 18.5 Å². The van der Waals surface area contributed by atoms with Crippen LogP contribution in [0.3, 0.4) is 0 Å². The maximum Gasteiger partial charge on any atom is 0.332 e. The number of aromatic nitrogens is 4. The molecule has 3 aromatic rings. The lowest BCUT2D eigenvalue weighted by Crippen LogP contribution is -2.40. The van der Waals surface area contributed by atoms with Crippen molar-refractivity contribution in [3.63, 3.8) is 0 Å². The lowest BCUT2D eigenvalue weighted by molar-refractivity contribution is 0.415. The predicted molar refractivity (Wildman–Crippen MR) is 109 cm³/mol. The van der Waals surface area contributed by atoms with Crippen LogP contribution in [0, 0.1) is 5.92 Å². The molecule has 1 unspecified atom stereocenters. The molecule has 0 aliphatic carbocycles. The monoisotopic (exact) mass is 403 g/mol. The Labute approximate surface area is 166 Å². The number of hydrogen-bond donors (Lipinski definition) is 0. The number of aryl methyl sites for hydroxylation is 1. The number of halogens is 1. The highest BCUT2D eigenvalue weighted by Gasteiger charge is 2.30. The number of fused-ring (bicyclic) bond motifs is 3. The van der Waals surface area contributed by atoms with Crippen LogP contribution in [-0.4, -0.2) is 32.3 Å². The van der Waals surface area contributed by atoms with E-state index in [-0.39, 0.29) is 17.2 Å². The fourth-order valence-electron chi connectivity index (χ4n) is 3.82. The molecule has 4 rings (SSSR count). The van der Waals surface area contributed by atoms with Gasteiger partial charge in [0, 0.05) is 32.4 Å². The molecule has 1 aliphatic rings. The second-order valence-electron chi connectivity index (χ2n) is 7.12. The zero-order valence-electron chi connectivity index (χ0n) is 16.3. The Morgan fingerprint density at radius 3 is 2.68 bits per heavy atom. The fourth-order valence-corrected chi connectivity index (χ4v) is 4.08. The van der Waals surface area contributed by atoms with E-state index in [1.165, 1.54) is 9.13 Å². The summed E-state index contributed by atoms with van der Waals surface area (Å²) in [4.78, 5) is 32.2. The van der Waals surface area contributed by atoms with E-state index in [1.54, 1.807) is 21.1 Å². The van der Waals surface area contributed by atoms with Crippen LogP contribution in [0.1, 0.15) is 13.8 Å². The molecule has 0 radical (unpaired) electrons. The smallest absolute Gasteiger partial charge is 0.332 e. The molecule has 8 nitrogen and oxygen atoms in total. The lowest BCUT2D eigenvalue weighted by Gasteiger charge is -2.33. The molecule has 28 heavy (non-hydrogen) atoms. The largest absolute Gasteiger partial charge is 0.495 e. The average Bonchev–Trinajstić information content (AvgIpc) is 3.05. The predicted octanol–water partition coefficient (Wildman–Crippen LogP) is 2.37. The van der Waals surface area contributed by atoms with Gasteiger partial charge in [0.05, 0.1) is 12.1 Å². The van der Waals surface area contributed by atoms with E-state index in [0.29, 0.717) is 41.0 Å². The second-order valence-corrected chi connectivity index (χ2v) is 7.53. The molecule has 3 heterocycles. The Bertz CT molecular complexity index is 1190. The first-order chi connectivity index (χ1) is 13.4. The van der Waals surface area contributed by atoms with Crippen LogP contribution >= 0.6 is 11.6 Å². The van der Waals surface area contributed by atoms with Crippen molar-refractivity contribution in [3.8, 4) is 5.75 Å². The van der Waals surface area contributed by atoms with Gasteiger partial charge in [0.2, 0.25) is 5.95 Å². The quantitative estimate of drug-likeness (QED) is 0.671. The van der Waals surface area contributed by atoms with Crippen LogP contribution in [0.25, 0.3) is 11.2 Å². The van der Waals surface area contributed by atoms with E-state index in [4.69, 9.17) is 16.3 Å². The molecule has 0 N–H and O–H groups in total. The molecule has 1 aromatic carbocycles. The summed E-state index contributed by atoms with van der Waals surface area (Å²) in [6.07, 6.45) is 0. The van der Waals surface area contributed by atoms with Crippen LogP contribution in [0.15, 0.2) is 27.8 Å². The maximum atomic E-state index is 13.0. The molecule has 0 saturated heterocycles. The topological polar surface area (TPSA) is 74.3 Å². The third-order valence-corrected chi connectivity index (χ3v) is 5.50. The summed E-state index contributed by atoms with van der Waals surface area (Å²) in [5, 5.41) is 0.502. The van der Waals surface area contributed by atoms with E-state index >= 15 is 0 Å². The molecule has 1 atom stereocenters. The van der Waals surface area contributed by atoms with Crippen LogP contribution in [0.5, 0.6) is 5.75 Å². The molecule has 0 saturated carbocycles. The maximum absolute atomic E-state index is 13.0. The van der Waals surface area contributed by atoms with Gasteiger partial charge in [0.25, 0.3) is 5.56 Å². The van der Waals surface area contributed by atoms with Gasteiger partial charge in [0.1, 0.15) is 5.75 Å². The van der Waals surface area contributed by atoms with Crippen molar-refractivity contribution in [2.75, 3.05) is 18.6 Å². The van der Waals surface area contributed by atoms with Crippen molar-refractivity contribution < 1.29 is 4.74 Å². The van der Waals surface area contributed by atoms with E-state index < -0.39 is 0 Å². The van der Waals surface area contributed by atoms with Crippen LogP contribution in [-0.2, 0) is 20.1 Å². The van der Waals surface area contributed by atoms with Gasteiger partial charge in [-0.05, 0) is 31.0 Å². The van der Waals surface area contributed by atoms with E-state index in [2.05, 4.69) is 11.9 Å². The molecule has 9 heteroatoms. The van der Waals surface area contributed by atoms with Crippen molar-refractivity contribution in [2.45, 2.75) is 26.9 Å². The number of imidazole rings is 1. The van der Waals surface area contributed by atoms with Crippen molar-refractivity contribution >= 4 is 34.4 Å². The number of methoxy groups -OCH3 is 1. The summed E-state index contributed by atoms with van der Waals surface area (Å²) in [6, 6.07) is 5.55. The molecular weight excluding hydrogens is 382 g/mol. The molecule has 0 spiro atoms. The Kier molecular flexibility index (Phi) is 4.45. The molecule has 0 bridgehead atoms. The van der Waals surface area contributed by atoms with E-state index in [1.807, 2.05) is 27.7 Å². The Morgan fingerprint density at radius 2 is 2.04 bits per heavy atom. The van der Waals surface area contributed by atoms with Gasteiger partial charge in [-0.15, -0.1) is 0 Å². The minimum absolute atomic E-state index is 0.275. The van der Waals surface area contributed by atoms with Crippen LogP contribution < -0.4 is 20.9 Å². The molecule has 0 fully saturated rings. The van der Waals surface area contributed by atoms with Crippen molar-refractivity contribution in [1.82, 2.24) is 18.7 Å².